The number of hydrogen-bond acceptors (Lipinski definition) is 3. The minimum absolute atomic E-state index is 0.354. The van der Waals surface area contributed by atoms with Gasteiger partial charge in [0.15, 0.2) is 5.96 Å². The van der Waals surface area contributed by atoms with Gasteiger partial charge in [-0.25, -0.2) is 9.79 Å². The van der Waals surface area contributed by atoms with Gasteiger partial charge >= 0.3 is 6.09 Å². The number of hydrogen-bond donors (Lipinski definition) is 3. The van der Waals surface area contributed by atoms with Gasteiger partial charge in [-0.1, -0.05) is 24.3 Å². The summed E-state index contributed by atoms with van der Waals surface area (Å²) in [5, 5.41) is 5.64. The van der Waals surface area contributed by atoms with E-state index >= 15 is 0 Å². The second kappa shape index (κ2) is 7.84. The zero-order valence-electron chi connectivity index (χ0n) is 13.2. The van der Waals surface area contributed by atoms with Crippen LogP contribution in [0.2, 0.25) is 0 Å². The van der Waals surface area contributed by atoms with Crippen LogP contribution in [0.25, 0.3) is 0 Å². The number of aryl methyl sites for hydroxylation is 1. The van der Waals surface area contributed by atoms with Gasteiger partial charge < -0.3 is 15.8 Å². The Kier molecular flexibility index (Phi) is 5.57. The molecule has 0 aliphatic carbocycles. The average Bonchev–Trinajstić information content (AvgIpc) is 2.54. The van der Waals surface area contributed by atoms with Crippen molar-refractivity contribution in [3.8, 4) is 0 Å². The van der Waals surface area contributed by atoms with Crippen molar-refractivity contribution in [1.29, 1.82) is 0 Å². The normalized spacial score (nSPS) is 11.0. The first-order valence-corrected chi connectivity index (χ1v) is 7.14. The summed E-state index contributed by atoms with van der Waals surface area (Å²) in [4.78, 5) is 15.4. The minimum atomic E-state index is -0.498. The third kappa shape index (κ3) is 5.35. The lowest BCUT2D eigenvalue weighted by Crippen LogP contribution is -2.22. The maximum absolute atomic E-state index is 11.1. The standard InChI is InChI=1S/C17H20N4O2/c1-12-4-3-5-15(10-12)20-16(18)19-11-13-6-8-14(9-7-13)21-17(22)23-2/h3-10H,11H2,1-2H3,(H,21,22)(H3,18,19,20). The highest BCUT2D eigenvalue weighted by Gasteiger charge is 2.00. The van der Waals surface area contributed by atoms with Crippen molar-refractivity contribution in [2.75, 3.05) is 17.7 Å². The molecule has 0 fully saturated rings. The van der Waals surface area contributed by atoms with Crippen LogP contribution in [0.15, 0.2) is 53.5 Å². The third-order valence-electron chi connectivity index (χ3n) is 3.11. The summed E-state index contributed by atoms with van der Waals surface area (Å²) in [6.45, 7) is 2.46. The van der Waals surface area contributed by atoms with Crippen molar-refractivity contribution in [3.05, 3.63) is 59.7 Å². The number of guanidine groups is 1. The highest BCUT2D eigenvalue weighted by molar-refractivity contribution is 5.92. The summed E-state index contributed by atoms with van der Waals surface area (Å²) in [5.74, 6) is 0.354. The van der Waals surface area contributed by atoms with Crippen LogP contribution in [0.1, 0.15) is 11.1 Å². The largest absolute Gasteiger partial charge is 0.453 e. The molecular formula is C17H20N4O2. The molecule has 0 aromatic heterocycles. The van der Waals surface area contributed by atoms with E-state index in [1.807, 2.05) is 43.3 Å². The Bertz CT molecular complexity index is 696. The van der Waals surface area contributed by atoms with Crippen LogP contribution < -0.4 is 16.4 Å². The smallest absolute Gasteiger partial charge is 0.411 e. The van der Waals surface area contributed by atoms with E-state index in [4.69, 9.17) is 5.73 Å². The first kappa shape index (κ1) is 16.4. The van der Waals surface area contributed by atoms with Gasteiger partial charge in [0.25, 0.3) is 0 Å². The minimum Gasteiger partial charge on any atom is -0.453 e. The number of ether oxygens (including phenoxy) is 1. The molecule has 6 heteroatoms. The molecule has 0 aliphatic rings. The number of nitrogens with one attached hydrogen (secondary N) is 2. The second-order valence-electron chi connectivity index (χ2n) is 5.01. The van der Waals surface area contributed by atoms with Crippen molar-refractivity contribution in [3.63, 3.8) is 0 Å². The molecule has 0 aliphatic heterocycles. The number of aliphatic imine (C=N–C) groups is 1. The van der Waals surface area contributed by atoms with E-state index in [0.717, 1.165) is 16.8 Å². The first-order valence-electron chi connectivity index (χ1n) is 7.14. The summed E-state index contributed by atoms with van der Waals surface area (Å²) in [6, 6.07) is 15.2. The summed E-state index contributed by atoms with van der Waals surface area (Å²) >= 11 is 0. The van der Waals surface area contributed by atoms with Crippen LogP contribution in [-0.4, -0.2) is 19.2 Å². The summed E-state index contributed by atoms with van der Waals surface area (Å²) < 4.78 is 4.53. The van der Waals surface area contributed by atoms with Gasteiger partial charge in [-0.3, -0.25) is 5.32 Å². The zero-order chi connectivity index (χ0) is 16.7. The van der Waals surface area contributed by atoms with Gasteiger partial charge in [0.05, 0.1) is 13.7 Å². The number of amides is 1. The predicted molar refractivity (Wildman–Crippen MR) is 92.6 cm³/mol. The molecule has 6 nitrogen and oxygen atoms in total. The van der Waals surface area contributed by atoms with E-state index in [-0.39, 0.29) is 0 Å². The molecule has 4 N–H and O–H groups in total. The van der Waals surface area contributed by atoms with Crippen LogP contribution in [-0.2, 0) is 11.3 Å². The van der Waals surface area contributed by atoms with Gasteiger partial charge in [-0.15, -0.1) is 0 Å². The molecule has 0 heterocycles. The van der Waals surface area contributed by atoms with E-state index in [1.54, 1.807) is 12.1 Å². The number of nitrogens with zero attached hydrogens (tertiary/aromatic N) is 1. The predicted octanol–water partition coefficient (Wildman–Crippen LogP) is 3.10. The highest BCUT2D eigenvalue weighted by atomic mass is 16.5. The molecule has 2 aromatic carbocycles. The van der Waals surface area contributed by atoms with Crippen molar-refractivity contribution >= 4 is 23.4 Å². The Balaban J connectivity index is 1.92. The lowest BCUT2D eigenvalue weighted by Gasteiger charge is -2.07. The maximum atomic E-state index is 11.1. The Labute approximate surface area is 135 Å². The molecule has 0 atom stereocenters. The molecule has 2 rings (SSSR count). The molecular weight excluding hydrogens is 292 g/mol. The quantitative estimate of drug-likeness (QED) is 0.598. The molecule has 0 radical (unpaired) electrons. The van der Waals surface area contributed by atoms with Crippen molar-refractivity contribution in [1.82, 2.24) is 0 Å². The molecule has 120 valence electrons. The van der Waals surface area contributed by atoms with Gasteiger partial charge in [0.1, 0.15) is 0 Å². The van der Waals surface area contributed by atoms with Crippen LogP contribution in [0, 0.1) is 6.92 Å². The lowest BCUT2D eigenvalue weighted by molar-refractivity contribution is 0.187. The number of rotatable bonds is 4. The number of carbonyl (C=O) groups is 1. The van der Waals surface area contributed by atoms with E-state index in [2.05, 4.69) is 20.4 Å². The van der Waals surface area contributed by atoms with Gasteiger partial charge in [0.2, 0.25) is 0 Å². The van der Waals surface area contributed by atoms with E-state index in [0.29, 0.717) is 18.2 Å². The molecule has 2 aromatic rings. The summed E-state index contributed by atoms with van der Waals surface area (Å²) in [5.41, 5.74) is 9.58. The highest BCUT2D eigenvalue weighted by Crippen LogP contribution is 2.11. The fourth-order valence-corrected chi connectivity index (χ4v) is 1.95. The Morgan fingerprint density at radius 2 is 1.87 bits per heavy atom. The number of anilines is 2. The Morgan fingerprint density at radius 3 is 2.52 bits per heavy atom. The summed E-state index contributed by atoms with van der Waals surface area (Å²) in [7, 11) is 1.32. The molecule has 0 saturated heterocycles. The van der Waals surface area contributed by atoms with E-state index in [9.17, 15) is 4.79 Å². The van der Waals surface area contributed by atoms with Crippen LogP contribution in [0.4, 0.5) is 16.2 Å². The van der Waals surface area contributed by atoms with E-state index < -0.39 is 6.09 Å². The van der Waals surface area contributed by atoms with Crippen molar-refractivity contribution in [2.24, 2.45) is 10.7 Å². The molecule has 0 spiro atoms. The number of carbonyl (C=O) groups excluding carboxylic acids is 1. The number of benzene rings is 2. The lowest BCUT2D eigenvalue weighted by atomic mass is 10.2. The van der Waals surface area contributed by atoms with E-state index in [1.165, 1.54) is 7.11 Å². The molecule has 0 unspecified atom stereocenters. The van der Waals surface area contributed by atoms with Crippen molar-refractivity contribution < 1.29 is 9.53 Å². The maximum Gasteiger partial charge on any atom is 0.411 e. The first-order chi connectivity index (χ1) is 11.1. The fraction of sp³-hybridized carbons (Fsp3) is 0.176. The topological polar surface area (TPSA) is 88.7 Å². The second-order valence-corrected chi connectivity index (χ2v) is 5.01. The number of methoxy groups -OCH3 is 1. The third-order valence-corrected chi connectivity index (χ3v) is 3.11. The molecule has 1 amide bonds. The van der Waals surface area contributed by atoms with Crippen LogP contribution in [0.3, 0.4) is 0 Å². The van der Waals surface area contributed by atoms with Crippen LogP contribution in [0.5, 0.6) is 0 Å². The monoisotopic (exact) mass is 312 g/mol. The fourth-order valence-electron chi connectivity index (χ4n) is 1.95. The van der Waals surface area contributed by atoms with Crippen LogP contribution >= 0.6 is 0 Å². The molecule has 23 heavy (non-hydrogen) atoms. The zero-order valence-corrected chi connectivity index (χ0v) is 13.2. The van der Waals surface area contributed by atoms with Crippen molar-refractivity contribution in [2.45, 2.75) is 13.5 Å². The Morgan fingerprint density at radius 1 is 1.13 bits per heavy atom. The van der Waals surface area contributed by atoms with Gasteiger partial charge in [-0.2, -0.15) is 0 Å². The van der Waals surface area contributed by atoms with Gasteiger partial charge in [0, 0.05) is 11.4 Å². The Hall–Kier alpha value is -3.02. The molecule has 0 saturated carbocycles. The number of nitrogens with two attached hydrogens (primary N) is 1. The molecule has 0 bridgehead atoms. The SMILES string of the molecule is COC(=O)Nc1ccc(CN=C(N)Nc2cccc(C)c2)cc1. The van der Waals surface area contributed by atoms with Gasteiger partial charge in [-0.05, 0) is 42.3 Å². The summed E-state index contributed by atoms with van der Waals surface area (Å²) in [6.07, 6.45) is -0.498. The average molecular weight is 312 g/mol.